The summed E-state index contributed by atoms with van der Waals surface area (Å²) >= 11 is 0. The van der Waals surface area contributed by atoms with Crippen LogP contribution in [-0.2, 0) is 27.9 Å². The van der Waals surface area contributed by atoms with Crippen molar-refractivity contribution < 1.29 is 32.8 Å². The van der Waals surface area contributed by atoms with Gasteiger partial charge in [-0.25, -0.2) is 4.57 Å². The molecule has 54 heavy (non-hydrogen) atoms. The number of esters is 1. The fourth-order valence-electron chi connectivity index (χ4n) is 5.99. The zero-order valence-corrected chi connectivity index (χ0v) is 35.8. The second-order valence-electron chi connectivity index (χ2n) is 14.6. The molecule has 0 radical (unpaired) electrons. The van der Waals surface area contributed by atoms with Crippen LogP contribution in [0.1, 0.15) is 194 Å². The summed E-state index contributed by atoms with van der Waals surface area (Å²) in [6.45, 7) is 4.84. The van der Waals surface area contributed by atoms with Gasteiger partial charge in [0.05, 0.1) is 19.8 Å². The third-order valence-corrected chi connectivity index (χ3v) is 10.2. The molecule has 8 nitrogen and oxygen atoms in total. The van der Waals surface area contributed by atoms with Gasteiger partial charge in [-0.05, 0) is 51.4 Å². The largest absolute Gasteiger partial charge is 0.472 e. The van der Waals surface area contributed by atoms with Gasteiger partial charge in [-0.2, -0.15) is 0 Å². The van der Waals surface area contributed by atoms with Crippen LogP contribution in [0, 0.1) is 0 Å². The molecule has 1 unspecified atom stereocenters. The molecule has 0 aromatic rings. The van der Waals surface area contributed by atoms with Gasteiger partial charge in [-0.3, -0.25) is 13.8 Å². The molecule has 2 atom stereocenters. The number of carbonyl (C=O) groups excluding carboxylic acids is 1. The van der Waals surface area contributed by atoms with Crippen LogP contribution in [0.4, 0.5) is 0 Å². The van der Waals surface area contributed by atoms with Crippen molar-refractivity contribution in [1.82, 2.24) is 0 Å². The van der Waals surface area contributed by atoms with Crippen molar-refractivity contribution in [2.24, 2.45) is 5.73 Å². The van der Waals surface area contributed by atoms with Crippen LogP contribution >= 0.6 is 7.82 Å². The number of phosphoric acid groups is 1. The number of phosphoric ester groups is 1. The first-order valence-electron chi connectivity index (χ1n) is 22.1. The lowest BCUT2D eigenvalue weighted by Gasteiger charge is -2.20. The maximum atomic E-state index is 12.6. The molecular formula is C45H84NO7P. The molecule has 9 heteroatoms. The van der Waals surface area contributed by atoms with Gasteiger partial charge in [0, 0.05) is 19.6 Å². The van der Waals surface area contributed by atoms with Crippen LogP contribution in [0.2, 0.25) is 0 Å². The number of carbonyl (C=O) groups is 1. The average Bonchev–Trinajstić information content (AvgIpc) is 3.16. The van der Waals surface area contributed by atoms with Gasteiger partial charge in [0.25, 0.3) is 0 Å². The minimum Gasteiger partial charge on any atom is -0.457 e. The van der Waals surface area contributed by atoms with Crippen molar-refractivity contribution >= 4 is 13.8 Å². The lowest BCUT2D eigenvalue weighted by Crippen LogP contribution is -2.28. The molecule has 0 saturated carbocycles. The highest BCUT2D eigenvalue weighted by molar-refractivity contribution is 7.47. The van der Waals surface area contributed by atoms with E-state index in [1.165, 1.54) is 128 Å². The zero-order chi connectivity index (χ0) is 39.5. The molecule has 0 aliphatic heterocycles. The van der Waals surface area contributed by atoms with E-state index in [-0.39, 0.29) is 38.8 Å². The van der Waals surface area contributed by atoms with E-state index in [1.807, 2.05) is 0 Å². The van der Waals surface area contributed by atoms with Gasteiger partial charge >= 0.3 is 13.8 Å². The highest BCUT2D eigenvalue weighted by atomic mass is 31.2. The van der Waals surface area contributed by atoms with E-state index in [4.69, 9.17) is 24.3 Å². The van der Waals surface area contributed by atoms with Crippen LogP contribution < -0.4 is 5.73 Å². The second-order valence-corrected chi connectivity index (χ2v) is 16.0. The first-order chi connectivity index (χ1) is 26.4. The number of hydrogen-bond acceptors (Lipinski definition) is 7. The summed E-state index contributed by atoms with van der Waals surface area (Å²) in [6, 6.07) is 0. The number of ether oxygens (including phenoxy) is 2. The average molecular weight is 782 g/mol. The maximum Gasteiger partial charge on any atom is 0.472 e. The minimum atomic E-state index is -4.29. The van der Waals surface area contributed by atoms with Crippen LogP contribution in [0.15, 0.2) is 48.6 Å². The summed E-state index contributed by atoms with van der Waals surface area (Å²) in [5.41, 5.74) is 5.37. The van der Waals surface area contributed by atoms with Gasteiger partial charge in [0.15, 0.2) is 0 Å². The van der Waals surface area contributed by atoms with Gasteiger partial charge < -0.3 is 20.1 Å². The number of allylic oxidation sites excluding steroid dienone is 8. The SMILES string of the molecule is CCCCC/C=C\C/C=C\C/C=C\C/C=C\CCCC(=O)O[C@H](COCCCCCCCCCCCCCCCCCCCC)COP(=O)(O)OCCN. The van der Waals surface area contributed by atoms with Gasteiger partial charge in [0.1, 0.15) is 6.10 Å². The fourth-order valence-corrected chi connectivity index (χ4v) is 6.75. The highest BCUT2D eigenvalue weighted by Gasteiger charge is 2.25. The molecule has 0 spiro atoms. The zero-order valence-electron chi connectivity index (χ0n) is 35.0. The van der Waals surface area contributed by atoms with Crippen molar-refractivity contribution in [3.05, 3.63) is 48.6 Å². The molecule has 0 aliphatic rings. The third-order valence-electron chi connectivity index (χ3n) is 9.25. The molecule has 0 aromatic heterocycles. The summed E-state index contributed by atoms with van der Waals surface area (Å²) in [5.74, 6) is -0.382. The van der Waals surface area contributed by atoms with E-state index >= 15 is 0 Å². The number of rotatable bonds is 42. The Morgan fingerprint density at radius 2 is 0.981 bits per heavy atom. The van der Waals surface area contributed by atoms with E-state index in [0.29, 0.717) is 13.0 Å². The molecule has 0 fully saturated rings. The van der Waals surface area contributed by atoms with Crippen LogP contribution in [0.5, 0.6) is 0 Å². The van der Waals surface area contributed by atoms with E-state index in [1.54, 1.807) is 0 Å². The lowest BCUT2D eigenvalue weighted by molar-refractivity contribution is -0.154. The Bertz CT molecular complexity index is 968. The summed E-state index contributed by atoms with van der Waals surface area (Å²) in [6.07, 6.45) is 49.9. The van der Waals surface area contributed by atoms with Crippen molar-refractivity contribution in [1.29, 1.82) is 0 Å². The molecule has 0 heterocycles. The van der Waals surface area contributed by atoms with Crippen LogP contribution in [0.25, 0.3) is 0 Å². The molecule has 0 bridgehead atoms. The highest BCUT2D eigenvalue weighted by Crippen LogP contribution is 2.43. The van der Waals surface area contributed by atoms with Crippen molar-refractivity contribution in [3.8, 4) is 0 Å². The second kappa shape index (κ2) is 42.6. The normalized spacial score (nSPS) is 13.9. The molecular weight excluding hydrogens is 697 g/mol. The monoisotopic (exact) mass is 782 g/mol. The van der Waals surface area contributed by atoms with E-state index in [9.17, 15) is 14.3 Å². The molecule has 0 rings (SSSR count). The van der Waals surface area contributed by atoms with Crippen molar-refractivity contribution in [2.45, 2.75) is 200 Å². The van der Waals surface area contributed by atoms with E-state index in [0.717, 1.165) is 38.5 Å². The van der Waals surface area contributed by atoms with Gasteiger partial charge in [-0.1, -0.05) is 184 Å². The van der Waals surface area contributed by atoms with Gasteiger partial charge in [-0.15, -0.1) is 0 Å². The Hall–Kier alpha value is -1.54. The van der Waals surface area contributed by atoms with Crippen molar-refractivity contribution in [3.63, 3.8) is 0 Å². The molecule has 0 saturated heterocycles. The fraction of sp³-hybridized carbons (Fsp3) is 0.800. The van der Waals surface area contributed by atoms with E-state index in [2.05, 4.69) is 62.5 Å². The van der Waals surface area contributed by atoms with Crippen LogP contribution in [-0.4, -0.2) is 49.9 Å². The Morgan fingerprint density at radius 1 is 0.556 bits per heavy atom. The molecule has 0 aromatic carbocycles. The first kappa shape index (κ1) is 52.5. The van der Waals surface area contributed by atoms with Crippen LogP contribution in [0.3, 0.4) is 0 Å². The summed E-state index contributed by atoms with van der Waals surface area (Å²) < 4.78 is 33.4. The predicted octanol–water partition coefficient (Wildman–Crippen LogP) is 13.2. The van der Waals surface area contributed by atoms with Gasteiger partial charge in [0.2, 0.25) is 0 Å². The maximum absolute atomic E-state index is 12.6. The standard InChI is InChI=1S/C45H84NO7P/c1-3-5-7-9-11-13-15-17-19-21-23-25-27-29-31-33-35-37-40-50-42-44(43-52-54(48,49)51-41-39-46)53-45(47)38-36-34-32-30-28-26-24-22-20-18-16-14-12-10-8-6-4-2/h12,14,18,20,24,26,30,32,44H,3-11,13,15-17,19,21-23,25,27-29,31,33-43,46H2,1-2H3,(H,48,49)/b14-12-,20-18-,26-24-,32-30-/t44-/m1/s1. The number of unbranched alkanes of at least 4 members (excludes halogenated alkanes) is 21. The Labute approximate surface area is 332 Å². The topological polar surface area (TPSA) is 117 Å². The van der Waals surface area contributed by atoms with Crippen molar-refractivity contribution in [2.75, 3.05) is 33.0 Å². The van der Waals surface area contributed by atoms with E-state index < -0.39 is 13.9 Å². The Kier molecular flexibility index (Phi) is 41.4. The quantitative estimate of drug-likeness (QED) is 0.0272. The Balaban J connectivity index is 4.10. The number of nitrogens with two attached hydrogens (primary N) is 1. The third kappa shape index (κ3) is 41.6. The molecule has 0 aliphatic carbocycles. The lowest BCUT2D eigenvalue weighted by atomic mass is 10.0. The molecule has 3 N–H and O–H groups in total. The predicted molar refractivity (Wildman–Crippen MR) is 229 cm³/mol. The molecule has 316 valence electrons. The Morgan fingerprint density at radius 3 is 1.46 bits per heavy atom. The summed E-state index contributed by atoms with van der Waals surface area (Å²) in [5, 5.41) is 0. The summed E-state index contributed by atoms with van der Waals surface area (Å²) in [7, 11) is -4.29. The minimum absolute atomic E-state index is 0.0915. The molecule has 0 amide bonds. The first-order valence-corrected chi connectivity index (χ1v) is 23.6. The smallest absolute Gasteiger partial charge is 0.457 e. The summed E-state index contributed by atoms with van der Waals surface area (Å²) in [4.78, 5) is 22.5. The number of hydrogen-bond donors (Lipinski definition) is 2.